The number of anilines is 2. The number of benzene rings is 1. The molecule has 2 rings (SSSR count). The molecule has 1 aromatic heterocycles. The molecule has 0 fully saturated rings. The fourth-order valence-corrected chi connectivity index (χ4v) is 1.72. The van der Waals surface area contributed by atoms with Crippen LogP contribution in [0.25, 0.3) is 0 Å². The molecule has 5 nitrogen and oxygen atoms in total. The van der Waals surface area contributed by atoms with Crippen LogP contribution in [-0.2, 0) is 0 Å². The zero-order valence-corrected chi connectivity index (χ0v) is 11.1. The highest BCUT2D eigenvalue weighted by molar-refractivity contribution is 6.04. The molecule has 0 saturated carbocycles. The summed E-state index contributed by atoms with van der Waals surface area (Å²) in [6.07, 6.45) is 1.42. The van der Waals surface area contributed by atoms with Crippen LogP contribution in [0.4, 0.5) is 20.3 Å². The van der Waals surface area contributed by atoms with E-state index in [9.17, 15) is 13.6 Å². The van der Waals surface area contributed by atoms with E-state index in [0.717, 1.165) is 0 Å². The second-order valence-corrected chi connectivity index (χ2v) is 4.29. The number of rotatable bonds is 4. The highest BCUT2D eigenvalue weighted by Gasteiger charge is 2.11. The summed E-state index contributed by atoms with van der Waals surface area (Å²) < 4.78 is 28.5. The van der Waals surface area contributed by atoms with Gasteiger partial charge in [-0.15, -0.1) is 0 Å². The molecular weight excluding hydrogens is 280 g/mol. The van der Waals surface area contributed by atoms with Crippen LogP contribution in [0, 0.1) is 6.92 Å². The van der Waals surface area contributed by atoms with Gasteiger partial charge < -0.3 is 15.8 Å². The van der Waals surface area contributed by atoms with Gasteiger partial charge in [-0.2, -0.15) is 8.78 Å². The minimum atomic E-state index is -2.94. The molecule has 21 heavy (non-hydrogen) atoms. The number of nitrogen functional groups attached to an aromatic ring is 1. The topological polar surface area (TPSA) is 77.2 Å². The Bertz CT molecular complexity index is 662. The Balaban J connectivity index is 2.16. The number of nitrogens with zero attached hydrogens (tertiary/aromatic N) is 1. The van der Waals surface area contributed by atoms with Gasteiger partial charge in [-0.05, 0) is 36.8 Å². The monoisotopic (exact) mass is 293 g/mol. The second-order valence-electron chi connectivity index (χ2n) is 4.29. The molecule has 0 radical (unpaired) electrons. The molecule has 1 aromatic carbocycles. The SMILES string of the molecule is Cc1cc(N)cnc1NC(=O)c1cccc(OC(F)F)c1. The van der Waals surface area contributed by atoms with Gasteiger partial charge in [0.2, 0.25) is 0 Å². The zero-order chi connectivity index (χ0) is 15.4. The van der Waals surface area contributed by atoms with Crippen molar-refractivity contribution in [2.75, 3.05) is 11.1 Å². The Morgan fingerprint density at radius 2 is 2.14 bits per heavy atom. The Hall–Kier alpha value is -2.70. The predicted octanol–water partition coefficient (Wildman–Crippen LogP) is 2.83. The minimum Gasteiger partial charge on any atom is -0.435 e. The molecule has 0 spiro atoms. The first-order chi connectivity index (χ1) is 9.95. The number of nitrogens with one attached hydrogen (secondary N) is 1. The van der Waals surface area contributed by atoms with Gasteiger partial charge in [0.1, 0.15) is 11.6 Å². The maximum Gasteiger partial charge on any atom is 0.387 e. The molecule has 110 valence electrons. The third kappa shape index (κ3) is 3.88. The molecule has 0 saturated heterocycles. The number of ether oxygens (including phenoxy) is 1. The van der Waals surface area contributed by atoms with E-state index in [0.29, 0.717) is 17.1 Å². The van der Waals surface area contributed by atoms with Crippen LogP contribution >= 0.6 is 0 Å². The molecule has 7 heteroatoms. The van der Waals surface area contributed by atoms with Crippen LogP contribution in [0.3, 0.4) is 0 Å². The smallest absolute Gasteiger partial charge is 0.387 e. The molecule has 3 N–H and O–H groups in total. The van der Waals surface area contributed by atoms with Crippen molar-refractivity contribution in [3.05, 3.63) is 47.7 Å². The van der Waals surface area contributed by atoms with Crippen LogP contribution in [-0.4, -0.2) is 17.5 Å². The first-order valence-electron chi connectivity index (χ1n) is 6.04. The molecule has 0 aliphatic rings. The van der Waals surface area contributed by atoms with Crippen molar-refractivity contribution < 1.29 is 18.3 Å². The quantitative estimate of drug-likeness (QED) is 0.908. The van der Waals surface area contributed by atoms with Crippen molar-refractivity contribution in [2.24, 2.45) is 0 Å². The number of hydrogen-bond donors (Lipinski definition) is 2. The lowest BCUT2D eigenvalue weighted by atomic mass is 10.2. The van der Waals surface area contributed by atoms with Crippen LogP contribution in [0.15, 0.2) is 36.5 Å². The summed E-state index contributed by atoms with van der Waals surface area (Å²) in [5.74, 6) is -0.205. The van der Waals surface area contributed by atoms with Crippen molar-refractivity contribution in [3.63, 3.8) is 0 Å². The number of aromatic nitrogens is 1. The van der Waals surface area contributed by atoms with Gasteiger partial charge in [-0.1, -0.05) is 6.07 Å². The van der Waals surface area contributed by atoms with Gasteiger partial charge in [-0.3, -0.25) is 4.79 Å². The van der Waals surface area contributed by atoms with Gasteiger partial charge in [0.25, 0.3) is 5.91 Å². The summed E-state index contributed by atoms with van der Waals surface area (Å²) in [5, 5.41) is 2.59. The fourth-order valence-electron chi connectivity index (χ4n) is 1.72. The van der Waals surface area contributed by atoms with Crippen LogP contribution in [0.5, 0.6) is 5.75 Å². The van der Waals surface area contributed by atoms with Gasteiger partial charge >= 0.3 is 6.61 Å². The van der Waals surface area contributed by atoms with Crippen molar-refractivity contribution in [2.45, 2.75) is 13.5 Å². The van der Waals surface area contributed by atoms with Gasteiger partial charge in [-0.25, -0.2) is 4.98 Å². The second kappa shape index (κ2) is 6.17. The normalized spacial score (nSPS) is 10.5. The average molecular weight is 293 g/mol. The maximum absolute atomic E-state index is 12.1. The lowest BCUT2D eigenvalue weighted by molar-refractivity contribution is -0.0498. The van der Waals surface area contributed by atoms with Crippen LogP contribution in [0.1, 0.15) is 15.9 Å². The number of halogens is 2. The van der Waals surface area contributed by atoms with Crippen LogP contribution < -0.4 is 15.8 Å². The van der Waals surface area contributed by atoms with E-state index < -0.39 is 12.5 Å². The van der Waals surface area contributed by atoms with E-state index in [-0.39, 0.29) is 11.3 Å². The summed E-state index contributed by atoms with van der Waals surface area (Å²) >= 11 is 0. The number of carbonyl (C=O) groups is 1. The molecule has 0 bridgehead atoms. The summed E-state index contributed by atoms with van der Waals surface area (Å²) in [7, 11) is 0. The molecule has 1 amide bonds. The van der Waals surface area contributed by atoms with E-state index in [1.807, 2.05) is 0 Å². The zero-order valence-electron chi connectivity index (χ0n) is 11.1. The number of alkyl halides is 2. The fraction of sp³-hybridized carbons (Fsp3) is 0.143. The van der Waals surface area contributed by atoms with Crippen LogP contribution in [0.2, 0.25) is 0 Å². The largest absolute Gasteiger partial charge is 0.435 e. The Morgan fingerprint density at radius 3 is 2.81 bits per heavy atom. The van der Waals surface area contributed by atoms with Gasteiger partial charge in [0.05, 0.1) is 11.9 Å². The van der Waals surface area contributed by atoms with Crippen molar-refractivity contribution in [3.8, 4) is 5.75 Å². The van der Waals surface area contributed by atoms with E-state index in [2.05, 4.69) is 15.0 Å². The Kier molecular flexibility index (Phi) is 4.32. The van der Waals surface area contributed by atoms with E-state index in [1.54, 1.807) is 13.0 Å². The van der Waals surface area contributed by atoms with Crippen molar-refractivity contribution in [1.29, 1.82) is 0 Å². The van der Waals surface area contributed by atoms with E-state index >= 15 is 0 Å². The highest BCUT2D eigenvalue weighted by atomic mass is 19.3. The first-order valence-corrected chi connectivity index (χ1v) is 6.04. The molecular formula is C14H13F2N3O2. The van der Waals surface area contributed by atoms with Crippen molar-refractivity contribution >= 4 is 17.4 Å². The number of pyridine rings is 1. The van der Waals surface area contributed by atoms with E-state index in [1.165, 1.54) is 30.5 Å². The lowest BCUT2D eigenvalue weighted by Crippen LogP contribution is -2.14. The molecule has 1 heterocycles. The number of nitrogens with two attached hydrogens (primary N) is 1. The average Bonchev–Trinajstić information content (AvgIpc) is 2.41. The highest BCUT2D eigenvalue weighted by Crippen LogP contribution is 2.18. The first kappa shape index (κ1) is 14.7. The maximum atomic E-state index is 12.1. The Labute approximate surface area is 119 Å². The molecule has 0 unspecified atom stereocenters. The van der Waals surface area contributed by atoms with Gasteiger partial charge in [0.15, 0.2) is 0 Å². The van der Waals surface area contributed by atoms with E-state index in [4.69, 9.17) is 5.73 Å². The number of amides is 1. The molecule has 0 aliphatic carbocycles. The summed E-state index contributed by atoms with van der Waals surface area (Å²) in [5.41, 5.74) is 6.94. The standard InChI is InChI=1S/C14H13F2N3O2/c1-8-5-10(17)7-18-12(8)19-13(20)9-3-2-4-11(6-9)21-14(15)16/h2-7,14H,17H2,1H3,(H,18,19,20). The molecule has 0 aliphatic heterocycles. The predicted molar refractivity (Wildman–Crippen MR) is 74.4 cm³/mol. The van der Waals surface area contributed by atoms with Crippen molar-refractivity contribution in [1.82, 2.24) is 4.98 Å². The lowest BCUT2D eigenvalue weighted by Gasteiger charge is -2.09. The summed E-state index contributed by atoms with van der Waals surface area (Å²) in [6.45, 7) is -1.20. The van der Waals surface area contributed by atoms with Gasteiger partial charge in [0, 0.05) is 5.56 Å². The third-order valence-electron chi connectivity index (χ3n) is 2.65. The Morgan fingerprint density at radius 1 is 1.38 bits per heavy atom. The number of carbonyl (C=O) groups excluding carboxylic acids is 1. The number of hydrogen-bond acceptors (Lipinski definition) is 4. The molecule has 0 atom stereocenters. The third-order valence-corrected chi connectivity index (χ3v) is 2.65. The summed E-state index contributed by atoms with van der Waals surface area (Å²) in [6, 6.07) is 7.18. The minimum absolute atomic E-state index is 0.0837. The number of aryl methyl sites for hydroxylation is 1. The summed E-state index contributed by atoms with van der Waals surface area (Å²) in [4.78, 5) is 16.1. The molecule has 2 aromatic rings.